The zero-order chi connectivity index (χ0) is 14.5. The van der Waals surface area contributed by atoms with Crippen molar-refractivity contribution in [3.63, 3.8) is 0 Å². The smallest absolute Gasteiger partial charge is 0.287 e. The summed E-state index contributed by atoms with van der Waals surface area (Å²) in [5, 5.41) is 7.41. The number of halogens is 1. The minimum atomic E-state index is -0.508. The monoisotopic (exact) mass is 279 g/mol. The highest BCUT2D eigenvalue weighted by molar-refractivity contribution is 5.91. The first kappa shape index (κ1) is 13.9. The molecule has 0 atom stereocenters. The molecule has 1 aromatic heterocycles. The number of nitrogens with zero attached hydrogens (tertiary/aromatic N) is 3. The van der Waals surface area contributed by atoms with Crippen molar-refractivity contribution in [2.45, 2.75) is 13.5 Å². The van der Waals surface area contributed by atoms with Crippen LogP contribution in [-0.2, 0) is 6.54 Å². The van der Waals surface area contributed by atoms with Gasteiger partial charge in [0.05, 0.1) is 12.7 Å². The van der Waals surface area contributed by atoms with Crippen LogP contribution < -0.4 is 16.0 Å². The molecule has 0 bridgehead atoms. The Morgan fingerprint density at radius 3 is 3.05 bits per heavy atom. The second kappa shape index (κ2) is 6.11. The normalized spacial score (nSPS) is 10.3. The number of ether oxygens (including phenoxy) is 1. The number of amides is 1. The largest absolute Gasteiger partial charge is 0.492 e. The predicted octanol–water partition coefficient (Wildman–Crippen LogP) is 0.408. The van der Waals surface area contributed by atoms with Gasteiger partial charge < -0.3 is 4.74 Å². The highest BCUT2D eigenvalue weighted by Gasteiger charge is 2.08. The summed E-state index contributed by atoms with van der Waals surface area (Å²) in [6.45, 7) is 2.39. The van der Waals surface area contributed by atoms with E-state index in [0.717, 1.165) is 0 Å². The number of nitrogens with two attached hydrogens (primary N) is 1. The van der Waals surface area contributed by atoms with Gasteiger partial charge in [-0.05, 0) is 30.7 Å². The lowest BCUT2D eigenvalue weighted by Gasteiger charge is -2.06. The van der Waals surface area contributed by atoms with E-state index in [4.69, 9.17) is 10.6 Å². The van der Waals surface area contributed by atoms with Crippen LogP contribution in [0.4, 0.5) is 4.39 Å². The number of aromatic nitrogens is 3. The number of hydrogen-bond donors (Lipinski definition) is 2. The number of nitrogens with one attached hydrogen (secondary N) is 1. The zero-order valence-electron chi connectivity index (χ0n) is 10.8. The Morgan fingerprint density at radius 1 is 1.55 bits per heavy atom. The molecule has 3 N–H and O–H groups in total. The third-order valence-electron chi connectivity index (χ3n) is 2.62. The van der Waals surface area contributed by atoms with E-state index in [9.17, 15) is 9.18 Å². The molecule has 2 rings (SSSR count). The maximum atomic E-state index is 13.1. The molecule has 1 aromatic carbocycles. The molecule has 0 radical (unpaired) electrons. The predicted molar refractivity (Wildman–Crippen MR) is 68.3 cm³/mol. The Morgan fingerprint density at radius 2 is 2.35 bits per heavy atom. The third kappa shape index (κ3) is 3.29. The van der Waals surface area contributed by atoms with Gasteiger partial charge in [-0.15, -0.1) is 5.10 Å². The second-order valence-electron chi connectivity index (χ2n) is 4.10. The highest BCUT2D eigenvalue weighted by atomic mass is 19.1. The summed E-state index contributed by atoms with van der Waals surface area (Å²) in [5.74, 6) is 4.78. The van der Waals surface area contributed by atoms with Crippen molar-refractivity contribution in [1.29, 1.82) is 0 Å². The number of nitrogen functional groups attached to an aromatic ring is 1. The first-order valence-electron chi connectivity index (χ1n) is 5.90. The van der Waals surface area contributed by atoms with Gasteiger partial charge in [-0.3, -0.25) is 10.2 Å². The van der Waals surface area contributed by atoms with E-state index in [-0.39, 0.29) is 11.5 Å². The number of aryl methyl sites for hydroxylation is 1. The Hall–Kier alpha value is -2.48. The summed E-state index contributed by atoms with van der Waals surface area (Å²) < 4.78 is 20.0. The second-order valence-corrected chi connectivity index (χ2v) is 4.10. The summed E-state index contributed by atoms with van der Waals surface area (Å²) in [5.41, 5.74) is 2.61. The SMILES string of the molecule is Cc1cc(OCCn2cc(C(=O)NN)nn2)ccc1F. The lowest BCUT2D eigenvalue weighted by molar-refractivity contribution is 0.0948. The number of hydrogen-bond acceptors (Lipinski definition) is 5. The molecule has 2 aromatic rings. The fraction of sp³-hybridized carbons (Fsp3) is 0.250. The van der Waals surface area contributed by atoms with Crippen LogP contribution in [0.5, 0.6) is 5.75 Å². The molecule has 0 aliphatic heterocycles. The first-order valence-corrected chi connectivity index (χ1v) is 5.90. The molecule has 0 saturated heterocycles. The quantitative estimate of drug-likeness (QED) is 0.469. The van der Waals surface area contributed by atoms with E-state index < -0.39 is 5.91 Å². The van der Waals surface area contributed by atoms with Crippen LogP contribution in [-0.4, -0.2) is 27.5 Å². The number of rotatable bonds is 5. The van der Waals surface area contributed by atoms with Crippen molar-refractivity contribution in [2.75, 3.05) is 6.61 Å². The summed E-state index contributed by atoms with van der Waals surface area (Å²) in [6, 6.07) is 4.52. The van der Waals surface area contributed by atoms with Gasteiger partial charge in [0.2, 0.25) is 0 Å². The number of benzene rings is 1. The molecule has 0 fully saturated rings. The number of carbonyl (C=O) groups excluding carboxylic acids is 1. The van der Waals surface area contributed by atoms with Crippen LogP contribution in [0, 0.1) is 12.7 Å². The van der Waals surface area contributed by atoms with Gasteiger partial charge in [0.15, 0.2) is 5.69 Å². The summed E-state index contributed by atoms with van der Waals surface area (Å²) in [7, 11) is 0. The maximum Gasteiger partial charge on any atom is 0.287 e. The van der Waals surface area contributed by atoms with Crippen molar-refractivity contribution >= 4 is 5.91 Å². The van der Waals surface area contributed by atoms with Gasteiger partial charge in [0.1, 0.15) is 18.2 Å². The average molecular weight is 279 g/mol. The summed E-state index contributed by atoms with van der Waals surface area (Å²) in [4.78, 5) is 11.2. The van der Waals surface area contributed by atoms with Crippen LogP contribution in [0.3, 0.4) is 0 Å². The lowest BCUT2D eigenvalue weighted by Crippen LogP contribution is -2.30. The Bertz CT molecular complexity index is 614. The molecular weight excluding hydrogens is 265 g/mol. The van der Waals surface area contributed by atoms with Crippen molar-refractivity contribution in [3.8, 4) is 5.75 Å². The molecule has 1 amide bonds. The molecule has 0 unspecified atom stereocenters. The highest BCUT2D eigenvalue weighted by Crippen LogP contribution is 2.15. The van der Waals surface area contributed by atoms with Gasteiger partial charge in [-0.2, -0.15) is 0 Å². The molecule has 0 aliphatic carbocycles. The van der Waals surface area contributed by atoms with Crippen LogP contribution >= 0.6 is 0 Å². The maximum absolute atomic E-state index is 13.1. The summed E-state index contributed by atoms with van der Waals surface area (Å²) >= 11 is 0. The average Bonchev–Trinajstić information content (AvgIpc) is 2.91. The topological polar surface area (TPSA) is 95.1 Å². The molecule has 8 heteroatoms. The van der Waals surface area contributed by atoms with Gasteiger partial charge in [-0.1, -0.05) is 5.21 Å². The molecule has 1 heterocycles. The van der Waals surface area contributed by atoms with Gasteiger partial charge in [0.25, 0.3) is 5.91 Å². The van der Waals surface area contributed by atoms with E-state index in [1.165, 1.54) is 16.9 Å². The van der Waals surface area contributed by atoms with Crippen molar-refractivity contribution in [2.24, 2.45) is 5.84 Å². The lowest BCUT2D eigenvalue weighted by atomic mass is 10.2. The van der Waals surface area contributed by atoms with E-state index >= 15 is 0 Å². The molecule has 0 saturated carbocycles. The fourth-order valence-electron chi connectivity index (χ4n) is 1.55. The Balaban J connectivity index is 1.88. The first-order chi connectivity index (χ1) is 9.60. The Kier molecular flexibility index (Phi) is 4.26. The Labute approximate surface area is 114 Å². The van der Waals surface area contributed by atoms with Gasteiger partial charge in [0, 0.05) is 0 Å². The third-order valence-corrected chi connectivity index (χ3v) is 2.62. The number of carbonyl (C=O) groups is 1. The van der Waals surface area contributed by atoms with Crippen LogP contribution in [0.2, 0.25) is 0 Å². The van der Waals surface area contributed by atoms with E-state index in [0.29, 0.717) is 24.5 Å². The van der Waals surface area contributed by atoms with Crippen molar-refractivity contribution in [1.82, 2.24) is 20.4 Å². The van der Waals surface area contributed by atoms with Crippen LogP contribution in [0.25, 0.3) is 0 Å². The zero-order valence-corrected chi connectivity index (χ0v) is 10.8. The molecular formula is C12H14FN5O2. The standard InChI is InChI=1S/C12H14FN5O2/c1-8-6-9(2-3-10(8)13)20-5-4-18-7-11(16-17-18)12(19)15-14/h2-3,6-7H,4-5,14H2,1H3,(H,15,19). The number of hydrazine groups is 1. The fourth-order valence-corrected chi connectivity index (χ4v) is 1.55. The molecule has 20 heavy (non-hydrogen) atoms. The minimum absolute atomic E-state index is 0.130. The van der Waals surface area contributed by atoms with Crippen LogP contribution in [0.1, 0.15) is 16.1 Å². The van der Waals surface area contributed by atoms with Crippen molar-refractivity contribution < 1.29 is 13.9 Å². The van der Waals surface area contributed by atoms with Crippen LogP contribution in [0.15, 0.2) is 24.4 Å². The van der Waals surface area contributed by atoms with E-state index in [2.05, 4.69) is 10.3 Å². The molecule has 0 spiro atoms. The summed E-state index contributed by atoms with van der Waals surface area (Å²) in [6.07, 6.45) is 1.46. The van der Waals surface area contributed by atoms with E-state index in [1.807, 2.05) is 5.43 Å². The molecule has 0 aliphatic rings. The molecule has 7 nitrogen and oxygen atoms in total. The minimum Gasteiger partial charge on any atom is -0.492 e. The van der Waals surface area contributed by atoms with Gasteiger partial charge in [-0.25, -0.2) is 14.9 Å². The molecule has 106 valence electrons. The van der Waals surface area contributed by atoms with E-state index in [1.54, 1.807) is 19.1 Å². The van der Waals surface area contributed by atoms with Gasteiger partial charge >= 0.3 is 0 Å². The van der Waals surface area contributed by atoms with Crippen molar-refractivity contribution in [3.05, 3.63) is 41.5 Å².